The van der Waals surface area contributed by atoms with Gasteiger partial charge in [0.2, 0.25) is 0 Å². The highest BCUT2D eigenvalue weighted by molar-refractivity contribution is 7.80. The number of allylic oxidation sites excluding steroid dienone is 2. The first-order chi connectivity index (χ1) is 7.88. The second-order valence-electron chi connectivity index (χ2n) is 6.23. The molecule has 0 aromatic heterocycles. The third-order valence-corrected chi connectivity index (χ3v) is 5.96. The second-order valence-corrected chi connectivity index (χ2v) is 6.60. The van der Waals surface area contributed by atoms with E-state index in [2.05, 4.69) is 24.8 Å². The SMILES string of the molecule is SCC1CCCC2CC3CC=CCC3CC12. The van der Waals surface area contributed by atoms with Crippen LogP contribution < -0.4 is 0 Å². The van der Waals surface area contributed by atoms with Crippen LogP contribution in [0.5, 0.6) is 0 Å². The summed E-state index contributed by atoms with van der Waals surface area (Å²) in [5.74, 6) is 6.21. The van der Waals surface area contributed by atoms with Crippen LogP contribution in [-0.2, 0) is 0 Å². The van der Waals surface area contributed by atoms with Gasteiger partial charge in [-0.25, -0.2) is 0 Å². The number of fused-ring (bicyclic) bond motifs is 2. The molecule has 90 valence electrons. The molecular formula is C15H24S. The zero-order chi connectivity index (χ0) is 11.0. The van der Waals surface area contributed by atoms with Crippen molar-refractivity contribution >= 4 is 12.6 Å². The van der Waals surface area contributed by atoms with E-state index in [0.29, 0.717) is 0 Å². The summed E-state index contributed by atoms with van der Waals surface area (Å²) >= 11 is 4.58. The van der Waals surface area contributed by atoms with Gasteiger partial charge in [0.05, 0.1) is 0 Å². The van der Waals surface area contributed by atoms with E-state index in [1.165, 1.54) is 44.9 Å². The van der Waals surface area contributed by atoms with Crippen molar-refractivity contribution in [1.29, 1.82) is 0 Å². The van der Waals surface area contributed by atoms with Crippen molar-refractivity contribution in [2.45, 2.75) is 44.9 Å². The quantitative estimate of drug-likeness (QED) is 0.508. The highest BCUT2D eigenvalue weighted by Crippen LogP contribution is 2.50. The average Bonchev–Trinajstić information content (AvgIpc) is 2.35. The van der Waals surface area contributed by atoms with E-state index >= 15 is 0 Å². The molecule has 0 aromatic rings. The van der Waals surface area contributed by atoms with Gasteiger partial charge in [-0.15, -0.1) is 0 Å². The molecule has 0 heterocycles. The number of thiol groups is 1. The van der Waals surface area contributed by atoms with Crippen LogP contribution in [0.3, 0.4) is 0 Å². The molecular weight excluding hydrogens is 212 g/mol. The van der Waals surface area contributed by atoms with Gasteiger partial charge in [0.25, 0.3) is 0 Å². The lowest BCUT2D eigenvalue weighted by atomic mass is 9.58. The van der Waals surface area contributed by atoms with Crippen molar-refractivity contribution in [3.63, 3.8) is 0 Å². The molecule has 5 unspecified atom stereocenters. The van der Waals surface area contributed by atoms with Gasteiger partial charge < -0.3 is 0 Å². The summed E-state index contributed by atoms with van der Waals surface area (Å²) in [6, 6.07) is 0. The Hall–Kier alpha value is 0.0900. The second kappa shape index (κ2) is 4.76. The van der Waals surface area contributed by atoms with Gasteiger partial charge in [0, 0.05) is 0 Å². The van der Waals surface area contributed by atoms with Crippen molar-refractivity contribution < 1.29 is 0 Å². The smallest absolute Gasteiger partial charge is 0.00667 e. The van der Waals surface area contributed by atoms with Crippen LogP contribution in [-0.4, -0.2) is 5.75 Å². The molecule has 3 aliphatic carbocycles. The molecule has 1 heteroatoms. The Balaban J connectivity index is 1.74. The van der Waals surface area contributed by atoms with Crippen LogP contribution in [0.4, 0.5) is 0 Å². The largest absolute Gasteiger partial charge is 0.179 e. The Bertz CT molecular complexity index is 271. The van der Waals surface area contributed by atoms with E-state index in [4.69, 9.17) is 0 Å². The predicted octanol–water partition coefficient (Wildman–Crippen LogP) is 4.32. The van der Waals surface area contributed by atoms with Crippen molar-refractivity contribution in [3.8, 4) is 0 Å². The van der Waals surface area contributed by atoms with Gasteiger partial charge >= 0.3 is 0 Å². The number of hydrogen-bond acceptors (Lipinski definition) is 1. The van der Waals surface area contributed by atoms with Gasteiger partial charge in [-0.3, -0.25) is 0 Å². The molecule has 0 radical (unpaired) electrons. The molecule has 0 bridgehead atoms. The zero-order valence-corrected chi connectivity index (χ0v) is 11.0. The number of rotatable bonds is 1. The summed E-state index contributed by atoms with van der Waals surface area (Å²) in [5.41, 5.74) is 0. The molecule has 3 aliphatic rings. The van der Waals surface area contributed by atoms with Gasteiger partial charge in [-0.1, -0.05) is 25.0 Å². The molecule has 0 aliphatic heterocycles. The third-order valence-electron chi connectivity index (χ3n) is 5.49. The fraction of sp³-hybridized carbons (Fsp3) is 0.867. The summed E-state index contributed by atoms with van der Waals surface area (Å²) in [4.78, 5) is 0. The summed E-state index contributed by atoms with van der Waals surface area (Å²) in [5, 5.41) is 0. The Morgan fingerprint density at radius 1 is 0.938 bits per heavy atom. The number of hydrogen-bond donors (Lipinski definition) is 1. The van der Waals surface area contributed by atoms with E-state index in [-0.39, 0.29) is 0 Å². The van der Waals surface area contributed by atoms with Crippen LogP contribution in [0.25, 0.3) is 0 Å². The summed E-state index contributed by atoms with van der Waals surface area (Å²) in [7, 11) is 0. The summed E-state index contributed by atoms with van der Waals surface area (Å²) < 4.78 is 0. The molecule has 0 spiro atoms. The minimum atomic E-state index is 0.939. The first-order valence-corrected chi connectivity index (χ1v) is 7.77. The first-order valence-electron chi connectivity index (χ1n) is 7.14. The van der Waals surface area contributed by atoms with Crippen molar-refractivity contribution in [1.82, 2.24) is 0 Å². The Kier molecular flexibility index (Phi) is 3.33. The molecule has 16 heavy (non-hydrogen) atoms. The standard InChI is InChI=1S/C15H24S/c16-10-14-7-3-6-13-8-11-4-1-2-5-12(11)9-15(13)14/h1-2,11-16H,3-10H2. The Morgan fingerprint density at radius 3 is 2.44 bits per heavy atom. The normalized spacial score (nSPS) is 47.2. The predicted molar refractivity (Wildman–Crippen MR) is 72.8 cm³/mol. The summed E-state index contributed by atoms with van der Waals surface area (Å²) in [6.45, 7) is 0. The maximum atomic E-state index is 4.58. The Morgan fingerprint density at radius 2 is 1.69 bits per heavy atom. The van der Waals surface area contributed by atoms with Crippen LogP contribution in [0, 0.1) is 29.6 Å². The average molecular weight is 236 g/mol. The monoisotopic (exact) mass is 236 g/mol. The van der Waals surface area contributed by atoms with Crippen molar-refractivity contribution in [3.05, 3.63) is 12.2 Å². The first kappa shape index (κ1) is 11.2. The van der Waals surface area contributed by atoms with E-state index in [0.717, 1.165) is 35.3 Å². The topological polar surface area (TPSA) is 0 Å². The lowest BCUT2D eigenvalue weighted by Gasteiger charge is -2.48. The van der Waals surface area contributed by atoms with Gasteiger partial charge in [0.1, 0.15) is 0 Å². The van der Waals surface area contributed by atoms with Crippen molar-refractivity contribution in [2.24, 2.45) is 29.6 Å². The van der Waals surface area contributed by atoms with E-state index in [1.807, 2.05) is 0 Å². The Labute approximate surface area is 105 Å². The van der Waals surface area contributed by atoms with E-state index in [9.17, 15) is 0 Å². The van der Waals surface area contributed by atoms with Crippen molar-refractivity contribution in [2.75, 3.05) is 5.75 Å². The molecule has 0 nitrogen and oxygen atoms in total. The fourth-order valence-corrected chi connectivity index (χ4v) is 5.06. The third kappa shape index (κ3) is 1.96. The zero-order valence-electron chi connectivity index (χ0n) is 10.1. The minimum absolute atomic E-state index is 0.939. The molecule has 2 saturated carbocycles. The molecule has 0 saturated heterocycles. The lowest BCUT2D eigenvalue weighted by Crippen LogP contribution is -2.39. The van der Waals surface area contributed by atoms with E-state index in [1.54, 1.807) is 0 Å². The minimum Gasteiger partial charge on any atom is -0.179 e. The van der Waals surface area contributed by atoms with E-state index < -0.39 is 0 Å². The fourth-order valence-electron chi connectivity index (χ4n) is 4.60. The van der Waals surface area contributed by atoms with Gasteiger partial charge in [-0.05, 0) is 67.4 Å². The highest BCUT2D eigenvalue weighted by Gasteiger charge is 2.41. The van der Waals surface area contributed by atoms with Gasteiger partial charge in [-0.2, -0.15) is 12.6 Å². The van der Waals surface area contributed by atoms with Crippen LogP contribution >= 0.6 is 12.6 Å². The molecule has 0 amide bonds. The van der Waals surface area contributed by atoms with Crippen LogP contribution in [0.15, 0.2) is 12.2 Å². The maximum Gasteiger partial charge on any atom is -0.00667 e. The molecule has 5 atom stereocenters. The summed E-state index contributed by atoms with van der Waals surface area (Å²) in [6.07, 6.45) is 15.1. The highest BCUT2D eigenvalue weighted by atomic mass is 32.1. The molecule has 0 aromatic carbocycles. The van der Waals surface area contributed by atoms with Gasteiger partial charge in [0.15, 0.2) is 0 Å². The lowest BCUT2D eigenvalue weighted by molar-refractivity contribution is 0.0433. The molecule has 0 N–H and O–H groups in total. The molecule has 2 fully saturated rings. The maximum absolute atomic E-state index is 4.58. The van der Waals surface area contributed by atoms with Crippen LogP contribution in [0.1, 0.15) is 44.9 Å². The molecule has 3 rings (SSSR count). The van der Waals surface area contributed by atoms with Crippen LogP contribution in [0.2, 0.25) is 0 Å².